The van der Waals surface area contributed by atoms with Crippen LogP contribution in [0.1, 0.15) is 16.1 Å². The van der Waals surface area contributed by atoms with Crippen LogP contribution >= 0.6 is 0 Å². The number of pyridine rings is 1. The van der Waals surface area contributed by atoms with Gasteiger partial charge in [-0.1, -0.05) is 6.07 Å². The standard InChI is InChI=1S/C20H20F2N4O4S/c1-26-10-17(31(28)29)19(30-11-13(23)7-12-3-2-6-24-9-12)18(26)20(27)25-14-4-5-15(21)16(22)8-14/h2-6,8-10,13H,7,11,23H2,1H3,(H,25,27)(H,28,29)/p-1/t13-/m0/s1. The molecule has 3 rings (SSSR count). The van der Waals surface area contributed by atoms with E-state index in [0.29, 0.717) is 6.42 Å². The van der Waals surface area contributed by atoms with Crippen molar-refractivity contribution >= 4 is 22.7 Å². The van der Waals surface area contributed by atoms with Crippen LogP contribution in [0.25, 0.3) is 0 Å². The molecule has 1 unspecified atom stereocenters. The molecule has 2 atom stereocenters. The third kappa shape index (κ3) is 5.51. The fourth-order valence-corrected chi connectivity index (χ4v) is 3.48. The van der Waals surface area contributed by atoms with Gasteiger partial charge in [-0.2, -0.15) is 0 Å². The molecule has 0 aliphatic heterocycles. The summed E-state index contributed by atoms with van der Waals surface area (Å²) in [6, 6.07) is 5.96. The van der Waals surface area contributed by atoms with Crippen molar-refractivity contribution in [3.63, 3.8) is 0 Å². The second kappa shape index (κ2) is 9.77. The SMILES string of the molecule is Cn1cc(S(=O)[O-])c(OC[C@@H](N)Cc2cccnc2)c1C(=O)Nc1ccc(F)c(F)c1. The van der Waals surface area contributed by atoms with Gasteiger partial charge in [0.25, 0.3) is 5.91 Å². The van der Waals surface area contributed by atoms with Gasteiger partial charge in [0.1, 0.15) is 6.61 Å². The van der Waals surface area contributed by atoms with Crippen LogP contribution in [0.15, 0.2) is 53.8 Å². The lowest BCUT2D eigenvalue weighted by molar-refractivity contribution is 0.101. The normalized spacial score (nSPS) is 12.9. The number of halogens is 2. The zero-order valence-electron chi connectivity index (χ0n) is 16.4. The Morgan fingerprint density at radius 1 is 1.35 bits per heavy atom. The summed E-state index contributed by atoms with van der Waals surface area (Å²) in [4.78, 5) is 16.5. The maximum Gasteiger partial charge on any atom is 0.276 e. The lowest BCUT2D eigenvalue weighted by Gasteiger charge is -2.16. The van der Waals surface area contributed by atoms with Crippen LogP contribution in [0.5, 0.6) is 5.75 Å². The van der Waals surface area contributed by atoms with Gasteiger partial charge in [-0.15, -0.1) is 0 Å². The molecule has 164 valence electrons. The molecule has 0 saturated carbocycles. The van der Waals surface area contributed by atoms with Gasteiger partial charge in [0.15, 0.2) is 23.1 Å². The molecule has 0 spiro atoms. The summed E-state index contributed by atoms with van der Waals surface area (Å²) in [5.41, 5.74) is 6.83. The summed E-state index contributed by atoms with van der Waals surface area (Å²) in [6.07, 6.45) is 4.92. The van der Waals surface area contributed by atoms with E-state index in [0.717, 1.165) is 17.7 Å². The van der Waals surface area contributed by atoms with E-state index in [-0.39, 0.29) is 28.6 Å². The van der Waals surface area contributed by atoms with Crippen LogP contribution in [0.4, 0.5) is 14.5 Å². The average Bonchev–Trinajstić information content (AvgIpc) is 3.06. The first-order valence-corrected chi connectivity index (χ1v) is 10.2. The molecule has 11 heteroatoms. The topological polar surface area (TPSA) is 122 Å². The number of hydrogen-bond donors (Lipinski definition) is 2. The highest BCUT2D eigenvalue weighted by Crippen LogP contribution is 2.29. The lowest BCUT2D eigenvalue weighted by atomic mass is 10.1. The molecule has 0 aliphatic rings. The Morgan fingerprint density at radius 2 is 2.13 bits per heavy atom. The van der Waals surface area contributed by atoms with Gasteiger partial charge in [0.2, 0.25) is 0 Å². The van der Waals surface area contributed by atoms with E-state index in [1.165, 1.54) is 23.9 Å². The van der Waals surface area contributed by atoms with Crippen molar-refractivity contribution in [3.05, 3.63) is 71.8 Å². The van der Waals surface area contributed by atoms with Crippen molar-refractivity contribution in [1.82, 2.24) is 9.55 Å². The fraction of sp³-hybridized carbons (Fsp3) is 0.200. The molecule has 2 aromatic heterocycles. The van der Waals surface area contributed by atoms with Crippen molar-refractivity contribution in [2.45, 2.75) is 17.4 Å². The molecule has 0 bridgehead atoms. The molecular weight excluding hydrogens is 430 g/mol. The third-order valence-corrected chi connectivity index (χ3v) is 4.99. The first kappa shape index (κ1) is 22.5. The van der Waals surface area contributed by atoms with Crippen LogP contribution in [0.2, 0.25) is 0 Å². The van der Waals surface area contributed by atoms with E-state index in [1.807, 2.05) is 6.07 Å². The van der Waals surface area contributed by atoms with Crippen LogP contribution < -0.4 is 15.8 Å². The van der Waals surface area contributed by atoms with Gasteiger partial charge in [0, 0.05) is 43.4 Å². The predicted molar refractivity (Wildman–Crippen MR) is 108 cm³/mol. The van der Waals surface area contributed by atoms with E-state index in [2.05, 4.69) is 10.3 Å². The van der Waals surface area contributed by atoms with Crippen LogP contribution in [0, 0.1) is 11.6 Å². The molecule has 2 heterocycles. The van der Waals surface area contributed by atoms with Gasteiger partial charge in [-0.25, -0.2) is 8.78 Å². The molecule has 0 radical (unpaired) electrons. The number of carbonyl (C=O) groups excluding carboxylic acids is 1. The molecule has 1 aromatic carbocycles. The molecule has 3 aromatic rings. The lowest BCUT2D eigenvalue weighted by Crippen LogP contribution is -2.30. The number of amides is 1. The smallest absolute Gasteiger partial charge is 0.276 e. The summed E-state index contributed by atoms with van der Waals surface area (Å²) in [7, 11) is 1.46. The molecule has 3 N–H and O–H groups in total. The minimum absolute atomic E-state index is 0.00544. The molecule has 0 fully saturated rings. The molecule has 8 nitrogen and oxygen atoms in total. The number of benzene rings is 1. The molecule has 0 aliphatic carbocycles. The number of ether oxygens (including phenoxy) is 1. The minimum Gasteiger partial charge on any atom is -0.768 e. The van der Waals surface area contributed by atoms with Gasteiger partial charge >= 0.3 is 0 Å². The number of anilines is 1. The fourth-order valence-electron chi connectivity index (χ4n) is 2.93. The maximum absolute atomic E-state index is 13.4. The summed E-state index contributed by atoms with van der Waals surface area (Å²) in [5, 5.41) is 2.40. The first-order chi connectivity index (χ1) is 14.8. The van der Waals surface area contributed by atoms with Crippen LogP contribution in [-0.4, -0.2) is 36.9 Å². The second-order valence-electron chi connectivity index (χ2n) is 6.74. The Morgan fingerprint density at radius 3 is 2.77 bits per heavy atom. The van der Waals surface area contributed by atoms with E-state index in [9.17, 15) is 22.3 Å². The summed E-state index contributed by atoms with van der Waals surface area (Å²) in [6.45, 7) is -0.0748. The largest absolute Gasteiger partial charge is 0.768 e. The number of nitrogens with two attached hydrogens (primary N) is 1. The van der Waals surface area contributed by atoms with Crippen molar-refractivity contribution in [3.8, 4) is 5.75 Å². The van der Waals surface area contributed by atoms with Crippen LogP contribution in [-0.2, 0) is 24.5 Å². The molecule has 31 heavy (non-hydrogen) atoms. The minimum atomic E-state index is -2.69. The number of aryl methyl sites for hydroxylation is 1. The Labute approximate surface area is 179 Å². The van der Waals surface area contributed by atoms with Crippen molar-refractivity contribution in [2.75, 3.05) is 11.9 Å². The van der Waals surface area contributed by atoms with Crippen molar-refractivity contribution in [1.29, 1.82) is 0 Å². The Kier molecular flexibility index (Phi) is 7.10. The van der Waals surface area contributed by atoms with E-state index in [1.54, 1.807) is 18.5 Å². The quantitative estimate of drug-likeness (QED) is 0.508. The highest BCUT2D eigenvalue weighted by Gasteiger charge is 2.24. The van der Waals surface area contributed by atoms with E-state index in [4.69, 9.17) is 10.5 Å². The van der Waals surface area contributed by atoms with E-state index >= 15 is 0 Å². The van der Waals surface area contributed by atoms with Gasteiger partial charge in [-0.05, 0) is 41.3 Å². The van der Waals surface area contributed by atoms with Gasteiger partial charge in [0.05, 0.1) is 4.90 Å². The highest BCUT2D eigenvalue weighted by atomic mass is 32.2. The molecule has 0 saturated heterocycles. The van der Waals surface area contributed by atoms with Crippen molar-refractivity contribution in [2.24, 2.45) is 12.8 Å². The zero-order valence-corrected chi connectivity index (χ0v) is 17.2. The summed E-state index contributed by atoms with van der Waals surface area (Å²) in [5.74, 6) is -3.14. The number of aromatic nitrogens is 2. The number of nitrogens with zero attached hydrogens (tertiary/aromatic N) is 2. The van der Waals surface area contributed by atoms with Crippen molar-refractivity contribution < 1.29 is 27.1 Å². The monoisotopic (exact) mass is 449 g/mol. The third-order valence-electron chi connectivity index (χ3n) is 4.34. The number of rotatable bonds is 8. The summed E-state index contributed by atoms with van der Waals surface area (Å²) >= 11 is -2.69. The van der Waals surface area contributed by atoms with Gasteiger partial charge in [-0.3, -0.25) is 14.0 Å². The van der Waals surface area contributed by atoms with Gasteiger partial charge < -0.3 is 24.9 Å². The Bertz CT molecular complexity index is 1110. The highest BCUT2D eigenvalue weighted by molar-refractivity contribution is 7.79. The number of carbonyl (C=O) groups is 1. The second-order valence-corrected chi connectivity index (χ2v) is 7.65. The summed E-state index contributed by atoms with van der Waals surface area (Å²) < 4.78 is 56.7. The first-order valence-electron chi connectivity index (χ1n) is 9.08. The maximum atomic E-state index is 13.4. The van der Waals surface area contributed by atoms with E-state index < -0.39 is 34.7 Å². The predicted octanol–water partition coefficient (Wildman–Crippen LogP) is 2.14. The number of hydrogen-bond acceptors (Lipinski definition) is 6. The average molecular weight is 449 g/mol. The zero-order chi connectivity index (χ0) is 22.5. The molecular formula is C20H19F2N4O4S-. The Hall–Kier alpha value is -3.15. The Balaban J connectivity index is 1.80. The molecule has 1 amide bonds. The van der Waals surface area contributed by atoms with Crippen LogP contribution in [0.3, 0.4) is 0 Å². The number of nitrogens with one attached hydrogen (secondary N) is 1.